The molecule has 38 heavy (non-hydrogen) atoms. The lowest BCUT2D eigenvalue weighted by Crippen LogP contribution is -2.02. The van der Waals surface area contributed by atoms with Crippen molar-refractivity contribution in [2.45, 2.75) is 33.4 Å². The molecule has 0 N–H and O–H groups in total. The minimum Gasteiger partial charge on any atom is -0.249 e. The summed E-state index contributed by atoms with van der Waals surface area (Å²) >= 11 is 0. The zero-order valence-electron chi connectivity index (χ0n) is 21.2. The highest BCUT2D eigenvalue weighted by Crippen LogP contribution is 2.43. The van der Waals surface area contributed by atoms with Gasteiger partial charge in [-0.25, -0.2) is 8.42 Å². The molecule has 0 heterocycles. The summed E-state index contributed by atoms with van der Waals surface area (Å²) in [4.78, 5) is 2.92. The lowest BCUT2D eigenvalue weighted by Gasteiger charge is -2.19. The van der Waals surface area contributed by atoms with Crippen LogP contribution in [0.15, 0.2) is 141 Å². The van der Waals surface area contributed by atoms with E-state index in [0.717, 1.165) is 53.6 Å². The van der Waals surface area contributed by atoms with E-state index >= 15 is 0 Å². The zero-order valence-corrected chi connectivity index (χ0v) is 22.8. The van der Waals surface area contributed by atoms with Gasteiger partial charge in [-0.2, -0.15) is 0 Å². The maximum atomic E-state index is 14.2. The molecule has 6 rings (SSSR count). The molecular formula is C34H26O2S2. The fourth-order valence-corrected chi connectivity index (χ4v) is 7.36. The van der Waals surface area contributed by atoms with E-state index in [0.29, 0.717) is 9.79 Å². The largest absolute Gasteiger partial charge is 0.249 e. The molecule has 0 unspecified atom stereocenters. The highest BCUT2D eigenvalue weighted by molar-refractivity contribution is 7.85. The lowest BCUT2D eigenvalue weighted by molar-refractivity contribution is 0.682. The van der Waals surface area contributed by atoms with E-state index in [2.05, 4.69) is 24.3 Å². The fourth-order valence-electron chi connectivity index (χ4n) is 4.91. The average molecular weight is 531 g/mol. The van der Waals surface area contributed by atoms with Crippen LogP contribution in [-0.4, -0.2) is 8.42 Å². The van der Waals surface area contributed by atoms with E-state index < -0.39 is 21.6 Å². The molecule has 2 nitrogen and oxygen atoms in total. The van der Waals surface area contributed by atoms with Gasteiger partial charge in [-0.3, -0.25) is 0 Å². The van der Waals surface area contributed by atoms with Gasteiger partial charge < -0.3 is 0 Å². The Morgan fingerprint density at radius 2 is 0.789 bits per heavy atom. The first kappa shape index (κ1) is 24.5. The molecule has 0 saturated carbocycles. The van der Waals surface area contributed by atoms with Gasteiger partial charge in [0, 0.05) is 20.9 Å². The van der Waals surface area contributed by atoms with Crippen molar-refractivity contribution >= 4 is 43.1 Å². The van der Waals surface area contributed by atoms with Crippen LogP contribution in [0.3, 0.4) is 0 Å². The third kappa shape index (κ3) is 4.40. The van der Waals surface area contributed by atoms with Crippen LogP contribution in [0.4, 0.5) is 0 Å². The molecule has 0 fully saturated rings. The van der Waals surface area contributed by atoms with Crippen molar-refractivity contribution < 1.29 is 8.42 Å². The third-order valence-corrected chi connectivity index (χ3v) is 9.78. The van der Waals surface area contributed by atoms with Gasteiger partial charge in [0.25, 0.3) is 0 Å². The van der Waals surface area contributed by atoms with Crippen LogP contribution in [0.5, 0.6) is 0 Å². The topological polar surface area (TPSA) is 34.1 Å². The van der Waals surface area contributed by atoms with E-state index in [4.69, 9.17) is 0 Å². The molecule has 0 radical (unpaired) electrons. The van der Waals surface area contributed by atoms with Crippen molar-refractivity contribution in [3.05, 3.63) is 132 Å². The fraction of sp³-hybridized carbons (Fsp3) is 0.0588. The number of rotatable bonds is 5. The summed E-state index contributed by atoms with van der Waals surface area (Å²) in [6.45, 7) is 4.05. The summed E-state index contributed by atoms with van der Waals surface area (Å²) in [6.07, 6.45) is 0. The van der Waals surface area contributed by atoms with Crippen molar-refractivity contribution in [1.29, 1.82) is 0 Å². The Labute approximate surface area is 227 Å². The van der Waals surface area contributed by atoms with E-state index in [1.54, 1.807) is 0 Å². The molecule has 0 amide bonds. The normalized spacial score (nSPS) is 13.0. The molecule has 186 valence electrons. The molecule has 6 aromatic carbocycles. The van der Waals surface area contributed by atoms with Crippen molar-refractivity contribution in [3.8, 4) is 11.1 Å². The summed E-state index contributed by atoms with van der Waals surface area (Å²) in [5, 5.41) is 4.08. The molecular weight excluding hydrogens is 505 g/mol. The van der Waals surface area contributed by atoms with Crippen LogP contribution >= 0.6 is 0 Å². The Bertz CT molecular complexity index is 1710. The predicted molar refractivity (Wildman–Crippen MR) is 159 cm³/mol. The number of hydrogen-bond donors (Lipinski definition) is 0. The Morgan fingerprint density at radius 1 is 0.421 bits per heavy atom. The van der Waals surface area contributed by atoms with Gasteiger partial charge in [0.05, 0.1) is 31.4 Å². The van der Waals surface area contributed by atoms with Gasteiger partial charge in [-0.05, 0) is 71.8 Å². The van der Waals surface area contributed by atoms with Gasteiger partial charge in [0.2, 0.25) is 0 Å². The molecule has 2 atom stereocenters. The van der Waals surface area contributed by atoms with Gasteiger partial charge in [-0.15, -0.1) is 0 Å². The molecule has 0 aliphatic carbocycles. The van der Waals surface area contributed by atoms with E-state index in [-0.39, 0.29) is 0 Å². The van der Waals surface area contributed by atoms with Crippen LogP contribution in [0.25, 0.3) is 32.7 Å². The van der Waals surface area contributed by atoms with Crippen LogP contribution < -0.4 is 0 Å². The second kappa shape index (κ2) is 10.1. The smallest absolute Gasteiger partial charge is 0.0856 e. The first-order valence-corrected chi connectivity index (χ1v) is 14.8. The van der Waals surface area contributed by atoms with E-state index in [1.165, 1.54) is 0 Å². The second-order valence-corrected chi connectivity index (χ2v) is 12.4. The molecule has 0 spiro atoms. The Balaban J connectivity index is 1.70. The predicted octanol–water partition coefficient (Wildman–Crippen LogP) is 8.61. The van der Waals surface area contributed by atoms with Crippen LogP contribution in [0.1, 0.15) is 11.1 Å². The Hall–Kier alpha value is -3.86. The van der Waals surface area contributed by atoms with Crippen molar-refractivity contribution in [2.24, 2.45) is 0 Å². The average Bonchev–Trinajstić information content (AvgIpc) is 2.96. The van der Waals surface area contributed by atoms with Gasteiger partial charge in [-0.1, -0.05) is 96.1 Å². The minimum absolute atomic E-state index is 0.714. The standard InChI is InChI=1S/C34H26O2S2/c1-23-11-17-27(18-12-23)37(35)31-21-15-25-7-3-5-9-29(25)33(31)34-30-10-6-4-8-26(30)16-22-32(34)38(36)28-19-13-24(2)14-20-28/h3-22H,1-2H3/t37-,38-/m0/s1. The SMILES string of the molecule is Cc1ccc([S@](=O)c2ccc3ccccc3c2-c2c([S@@](=O)c3ccc(C)cc3)ccc3ccccc23)cc1. The maximum Gasteiger partial charge on any atom is 0.0856 e. The summed E-state index contributed by atoms with van der Waals surface area (Å²) in [5.74, 6) is 0. The summed E-state index contributed by atoms with van der Waals surface area (Å²) in [5.41, 5.74) is 3.98. The molecule has 6 aromatic rings. The lowest BCUT2D eigenvalue weighted by atomic mass is 9.94. The van der Waals surface area contributed by atoms with Crippen molar-refractivity contribution in [2.75, 3.05) is 0 Å². The zero-order chi connectivity index (χ0) is 26.2. The minimum atomic E-state index is -1.43. The van der Waals surface area contributed by atoms with E-state index in [9.17, 15) is 8.42 Å². The monoisotopic (exact) mass is 530 g/mol. The van der Waals surface area contributed by atoms with E-state index in [1.807, 2.05) is 111 Å². The number of fused-ring (bicyclic) bond motifs is 2. The highest BCUT2D eigenvalue weighted by Gasteiger charge is 2.23. The second-order valence-electron chi connectivity index (χ2n) is 9.48. The maximum absolute atomic E-state index is 14.2. The van der Waals surface area contributed by atoms with Gasteiger partial charge in [0.1, 0.15) is 0 Å². The summed E-state index contributed by atoms with van der Waals surface area (Å²) in [6, 6.07) is 40.0. The number of benzene rings is 6. The van der Waals surface area contributed by atoms with Crippen molar-refractivity contribution in [3.63, 3.8) is 0 Å². The number of hydrogen-bond acceptors (Lipinski definition) is 2. The van der Waals surface area contributed by atoms with Gasteiger partial charge >= 0.3 is 0 Å². The first-order chi connectivity index (χ1) is 18.5. The molecule has 0 aliphatic rings. The number of aryl methyl sites for hydroxylation is 2. The molecule has 0 saturated heterocycles. The molecule has 4 heteroatoms. The Morgan fingerprint density at radius 3 is 1.18 bits per heavy atom. The summed E-state index contributed by atoms with van der Waals surface area (Å²) < 4.78 is 28.3. The third-order valence-electron chi connectivity index (χ3n) is 6.90. The Kier molecular flexibility index (Phi) is 6.52. The van der Waals surface area contributed by atoms with Gasteiger partial charge in [0.15, 0.2) is 0 Å². The highest BCUT2D eigenvalue weighted by atomic mass is 32.2. The van der Waals surface area contributed by atoms with Crippen LogP contribution in [0.2, 0.25) is 0 Å². The van der Waals surface area contributed by atoms with Crippen LogP contribution in [0, 0.1) is 13.8 Å². The summed E-state index contributed by atoms with van der Waals surface area (Å²) in [7, 11) is -2.87. The first-order valence-electron chi connectivity index (χ1n) is 12.5. The molecule has 0 aromatic heterocycles. The quantitative estimate of drug-likeness (QED) is 0.224. The molecule has 0 aliphatic heterocycles. The molecule has 0 bridgehead atoms. The van der Waals surface area contributed by atoms with Crippen molar-refractivity contribution in [1.82, 2.24) is 0 Å². The van der Waals surface area contributed by atoms with Crippen LogP contribution in [-0.2, 0) is 21.6 Å².